The van der Waals surface area contributed by atoms with Crippen molar-refractivity contribution in [2.45, 2.75) is 71.0 Å². The summed E-state index contributed by atoms with van der Waals surface area (Å²) < 4.78 is 35.0. The Balaban J connectivity index is 2.08. The number of aryl methyl sites for hydroxylation is 2. The Hall–Kier alpha value is -3.37. The third kappa shape index (κ3) is 8.13. The van der Waals surface area contributed by atoms with E-state index in [9.17, 15) is 18.0 Å². The summed E-state index contributed by atoms with van der Waals surface area (Å²) in [6.45, 7) is 9.26. The number of hydrogen-bond donors (Lipinski definition) is 1. The Labute approximate surface area is 258 Å². The van der Waals surface area contributed by atoms with Gasteiger partial charge in [-0.1, -0.05) is 61.4 Å². The van der Waals surface area contributed by atoms with Crippen LogP contribution < -0.4 is 14.4 Å². The third-order valence-electron chi connectivity index (χ3n) is 7.13. The van der Waals surface area contributed by atoms with Crippen LogP contribution in [-0.2, 0) is 26.2 Å². The molecule has 0 aliphatic rings. The van der Waals surface area contributed by atoms with Gasteiger partial charge in [-0.25, -0.2) is 8.42 Å². The van der Waals surface area contributed by atoms with Crippen molar-refractivity contribution in [1.29, 1.82) is 0 Å². The van der Waals surface area contributed by atoms with E-state index < -0.39 is 28.5 Å². The summed E-state index contributed by atoms with van der Waals surface area (Å²) in [6, 6.07) is 18.3. The van der Waals surface area contributed by atoms with Crippen molar-refractivity contribution in [2.75, 3.05) is 18.0 Å². The molecule has 2 atom stereocenters. The van der Waals surface area contributed by atoms with E-state index in [4.69, 9.17) is 4.74 Å². The van der Waals surface area contributed by atoms with Gasteiger partial charge in [-0.15, -0.1) is 0 Å². The molecule has 226 valence electrons. The fraction of sp³-hybridized carbons (Fsp3) is 0.375. The number of benzene rings is 3. The lowest BCUT2D eigenvalue weighted by molar-refractivity contribution is -0.140. The van der Waals surface area contributed by atoms with Gasteiger partial charge in [0.1, 0.15) is 18.3 Å². The predicted octanol–water partition coefficient (Wildman–Crippen LogP) is 5.99. The average Bonchev–Trinajstić information content (AvgIpc) is 2.96. The summed E-state index contributed by atoms with van der Waals surface area (Å²) in [5, 5.41) is 3.00. The quantitative estimate of drug-likeness (QED) is 0.244. The van der Waals surface area contributed by atoms with Gasteiger partial charge in [-0.2, -0.15) is 0 Å². The minimum atomic E-state index is -4.20. The van der Waals surface area contributed by atoms with Gasteiger partial charge >= 0.3 is 0 Å². The van der Waals surface area contributed by atoms with Crippen molar-refractivity contribution in [3.63, 3.8) is 0 Å². The van der Waals surface area contributed by atoms with E-state index in [-0.39, 0.29) is 23.4 Å². The summed E-state index contributed by atoms with van der Waals surface area (Å²) in [5.74, 6) is -0.273. The molecule has 3 rings (SSSR count). The molecular weight excluding hydrogens is 618 g/mol. The van der Waals surface area contributed by atoms with Gasteiger partial charge in [0, 0.05) is 12.6 Å². The van der Waals surface area contributed by atoms with E-state index in [1.165, 1.54) is 24.1 Å². The molecule has 3 aromatic carbocycles. The highest BCUT2D eigenvalue weighted by Crippen LogP contribution is 2.31. The second-order valence-corrected chi connectivity index (χ2v) is 13.1. The summed E-state index contributed by atoms with van der Waals surface area (Å²) in [4.78, 5) is 29.1. The number of ether oxygens (including phenoxy) is 1. The van der Waals surface area contributed by atoms with E-state index in [1.54, 1.807) is 30.3 Å². The fourth-order valence-electron chi connectivity index (χ4n) is 4.54. The predicted molar refractivity (Wildman–Crippen MR) is 170 cm³/mol. The van der Waals surface area contributed by atoms with Gasteiger partial charge in [-0.05, 0) is 85.4 Å². The molecule has 0 bridgehead atoms. The molecule has 0 saturated heterocycles. The van der Waals surface area contributed by atoms with E-state index in [1.807, 2.05) is 58.9 Å². The number of anilines is 1. The van der Waals surface area contributed by atoms with E-state index in [0.29, 0.717) is 22.3 Å². The summed E-state index contributed by atoms with van der Waals surface area (Å²) in [5.41, 5.74) is 3.16. The van der Waals surface area contributed by atoms with Crippen molar-refractivity contribution in [3.05, 3.63) is 87.9 Å². The van der Waals surface area contributed by atoms with Gasteiger partial charge in [0.05, 0.1) is 22.2 Å². The molecule has 0 aliphatic heterocycles. The number of amides is 2. The lowest BCUT2D eigenvalue weighted by Crippen LogP contribution is -2.53. The maximum Gasteiger partial charge on any atom is 0.264 e. The smallest absolute Gasteiger partial charge is 0.264 e. The fourth-order valence-corrected chi connectivity index (χ4v) is 6.68. The van der Waals surface area contributed by atoms with Crippen molar-refractivity contribution >= 4 is 43.5 Å². The number of nitrogens with zero attached hydrogens (tertiary/aromatic N) is 2. The molecule has 42 heavy (non-hydrogen) atoms. The molecule has 1 N–H and O–H groups in total. The maximum absolute atomic E-state index is 14.2. The Bertz CT molecular complexity index is 1490. The van der Waals surface area contributed by atoms with Crippen LogP contribution >= 0.6 is 15.9 Å². The molecule has 3 aromatic rings. The van der Waals surface area contributed by atoms with Crippen LogP contribution in [0.4, 0.5) is 5.69 Å². The number of hydrogen-bond acceptors (Lipinski definition) is 5. The first-order valence-electron chi connectivity index (χ1n) is 14.0. The van der Waals surface area contributed by atoms with Gasteiger partial charge < -0.3 is 15.0 Å². The molecule has 0 aromatic heterocycles. The minimum absolute atomic E-state index is 0.00432. The highest BCUT2D eigenvalue weighted by Gasteiger charge is 2.34. The molecular formula is C32H40BrN3O5S. The van der Waals surface area contributed by atoms with E-state index >= 15 is 0 Å². The normalized spacial score (nSPS) is 12.7. The van der Waals surface area contributed by atoms with Crippen molar-refractivity contribution < 1.29 is 22.7 Å². The Morgan fingerprint density at radius 2 is 1.64 bits per heavy atom. The number of carbonyl (C=O) groups excluding carboxylic acids is 2. The number of carbonyl (C=O) groups is 2. The van der Waals surface area contributed by atoms with Gasteiger partial charge in [-0.3, -0.25) is 13.9 Å². The first-order valence-corrected chi connectivity index (χ1v) is 16.2. The number of methoxy groups -OCH3 is 1. The molecule has 0 fully saturated rings. The Morgan fingerprint density at radius 3 is 2.21 bits per heavy atom. The zero-order valence-corrected chi connectivity index (χ0v) is 27.5. The molecule has 10 heteroatoms. The maximum atomic E-state index is 14.2. The number of sulfonamides is 1. The zero-order chi connectivity index (χ0) is 31.0. The first kappa shape index (κ1) is 33.1. The Morgan fingerprint density at radius 1 is 0.952 bits per heavy atom. The number of halogens is 1. The zero-order valence-electron chi connectivity index (χ0n) is 25.1. The molecule has 2 amide bonds. The average molecular weight is 659 g/mol. The van der Waals surface area contributed by atoms with E-state index in [0.717, 1.165) is 27.4 Å². The van der Waals surface area contributed by atoms with Crippen LogP contribution in [0.5, 0.6) is 5.75 Å². The van der Waals surface area contributed by atoms with Crippen LogP contribution in [0.1, 0.15) is 50.3 Å². The SMILES string of the molecule is CCC(C)NC(=O)C(CC)N(Cc1cccc(C)c1)C(=O)CN(c1ccc(C)cc1)S(=O)(=O)c1ccc(OC)c(Br)c1. The van der Waals surface area contributed by atoms with Crippen LogP contribution in [0.3, 0.4) is 0 Å². The summed E-state index contributed by atoms with van der Waals surface area (Å²) in [6.07, 6.45) is 1.10. The highest BCUT2D eigenvalue weighted by molar-refractivity contribution is 9.10. The minimum Gasteiger partial charge on any atom is -0.496 e. The van der Waals surface area contributed by atoms with Crippen LogP contribution in [0.15, 0.2) is 76.1 Å². The molecule has 0 saturated carbocycles. The van der Waals surface area contributed by atoms with Crippen LogP contribution in [0.25, 0.3) is 0 Å². The molecule has 0 spiro atoms. The van der Waals surface area contributed by atoms with E-state index in [2.05, 4.69) is 21.2 Å². The molecule has 2 unspecified atom stereocenters. The third-order valence-corrected chi connectivity index (χ3v) is 9.52. The highest BCUT2D eigenvalue weighted by atomic mass is 79.9. The standard InChI is InChI=1S/C32H40BrN3O5S/c1-7-24(5)34-32(38)29(8-2)35(20-25-11-9-10-23(4)18-25)31(37)21-36(26-14-12-22(3)13-15-26)42(39,40)27-16-17-30(41-6)28(33)19-27/h9-19,24,29H,7-8,20-21H2,1-6H3,(H,34,38). The second kappa shape index (κ2) is 14.7. The Kier molecular flexibility index (Phi) is 11.6. The number of nitrogens with one attached hydrogen (secondary N) is 1. The molecule has 0 radical (unpaired) electrons. The van der Waals surface area contributed by atoms with Crippen molar-refractivity contribution in [2.24, 2.45) is 0 Å². The molecule has 8 nitrogen and oxygen atoms in total. The lowest BCUT2D eigenvalue weighted by atomic mass is 10.1. The van der Waals surface area contributed by atoms with Crippen LogP contribution in [0, 0.1) is 13.8 Å². The van der Waals surface area contributed by atoms with Crippen molar-refractivity contribution in [1.82, 2.24) is 10.2 Å². The van der Waals surface area contributed by atoms with Crippen LogP contribution in [-0.4, -0.2) is 50.9 Å². The van der Waals surface area contributed by atoms with Crippen LogP contribution in [0.2, 0.25) is 0 Å². The largest absolute Gasteiger partial charge is 0.496 e. The topological polar surface area (TPSA) is 96.0 Å². The van der Waals surface area contributed by atoms with Crippen molar-refractivity contribution in [3.8, 4) is 5.75 Å². The first-order chi connectivity index (χ1) is 19.9. The second-order valence-electron chi connectivity index (χ2n) is 10.4. The van der Waals surface area contributed by atoms with Gasteiger partial charge in [0.25, 0.3) is 10.0 Å². The molecule has 0 aliphatic carbocycles. The van der Waals surface area contributed by atoms with Gasteiger partial charge in [0.2, 0.25) is 11.8 Å². The summed E-state index contributed by atoms with van der Waals surface area (Å²) >= 11 is 3.37. The number of rotatable bonds is 13. The monoisotopic (exact) mass is 657 g/mol. The molecule has 0 heterocycles. The summed E-state index contributed by atoms with van der Waals surface area (Å²) in [7, 11) is -2.70. The lowest BCUT2D eigenvalue weighted by Gasteiger charge is -2.34. The van der Waals surface area contributed by atoms with Gasteiger partial charge in [0.15, 0.2) is 0 Å².